The smallest absolute Gasteiger partial charge is 0.225 e. The van der Waals surface area contributed by atoms with Gasteiger partial charge in [0.05, 0.1) is 10.5 Å². The molecule has 0 bridgehead atoms. The van der Waals surface area contributed by atoms with Crippen LogP contribution in [0.25, 0.3) is 22.0 Å². The number of ether oxygens (including phenoxy) is 1. The highest BCUT2D eigenvalue weighted by Crippen LogP contribution is 2.33. The minimum atomic E-state index is 0.0414. The zero-order valence-electron chi connectivity index (χ0n) is 16.8. The summed E-state index contributed by atoms with van der Waals surface area (Å²) in [5.41, 5.74) is 3.07. The lowest BCUT2D eigenvalue weighted by molar-refractivity contribution is -0.136. The molecule has 0 unspecified atom stereocenters. The number of halogens is 1. The Labute approximate surface area is 176 Å². The van der Waals surface area contributed by atoms with Crippen LogP contribution in [0.3, 0.4) is 0 Å². The lowest BCUT2D eigenvalue weighted by Gasteiger charge is -2.33. The SMILES string of the molecule is CC(C)C(=O)N1CCC(Oc2ccc(-c3ccc4cccnc4c3)cc2Cl)CC1. The Morgan fingerprint density at radius 1 is 1.10 bits per heavy atom. The van der Waals surface area contributed by atoms with Crippen LogP contribution in [0.15, 0.2) is 54.7 Å². The van der Waals surface area contributed by atoms with E-state index in [1.807, 2.05) is 43.0 Å². The lowest BCUT2D eigenvalue weighted by Crippen LogP contribution is -2.43. The largest absolute Gasteiger partial charge is 0.489 e. The van der Waals surface area contributed by atoms with Gasteiger partial charge in [-0.25, -0.2) is 0 Å². The van der Waals surface area contributed by atoms with Gasteiger partial charge in [0.1, 0.15) is 11.9 Å². The Bertz CT molecular complexity index is 1030. The van der Waals surface area contributed by atoms with E-state index in [0.29, 0.717) is 10.8 Å². The first-order valence-electron chi connectivity index (χ1n) is 10.1. The summed E-state index contributed by atoms with van der Waals surface area (Å²) in [6.07, 6.45) is 3.54. The number of likely N-dealkylation sites (tertiary alicyclic amines) is 1. The number of fused-ring (bicyclic) bond motifs is 1. The Hall–Kier alpha value is -2.59. The van der Waals surface area contributed by atoms with Crippen LogP contribution < -0.4 is 4.74 Å². The molecule has 0 atom stereocenters. The van der Waals surface area contributed by atoms with Crippen LogP contribution in [-0.4, -0.2) is 35.0 Å². The lowest BCUT2D eigenvalue weighted by atomic mass is 10.0. The maximum Gasteiger partial charge on any atom is 0.225 e. The molecule has 2 heterocycles. The van der Waals surface area contributed by atoms with Crippen LogP contribution in [0.5, 0.6) is 5.75 Å². The summed E-state index contributed by atoms with van der Waals surface area (Å²) in [7, 11) is 0. The highest BCUT2D eigenvalue weighted by atomic mass is 35.5. The number of carbonyl (C=O) groups is 1. The molecule has 1 saturated heterocycles. The monoisotopic (exact) mass is 408 g/mol. The number of pyridine rings is 1. The van der Waals surface area contributed by atoms with E-state index >= 15 is 0 Å². The predicted molar refractivity (Wildman–Crippen MR) is 117 cm³/mol. The first-order valence-corrected chi connectivity index (χ1v) is 10.5. The van der Waals surface area contributed by atoms with E-state index in [-0.39, 0.29) is 17.9 Å². The molecule has 0 N–H and O–H groups in total. The van der Waals surface area contributed by atoms with Crippen LogP contribution in [0, 0.1) is 5.92 Å². The van der Waals surface area contributed by atoms with E-state index in [1.54, 1.807) is 6.20 Å². The predicted octanol–water partition coefficient (Wildman–Crippen LogP) is 5.58. The molecule has 1 aromatic heterocycles. The maximum absolute atomic E-state index is 12.1. The van der Waals surface area contributed by atoms with Crippen LogP contribution in [0.4, 0.5) is 0 Å². The van der Waals surface area contributed by atoms with Gasteiger partial charge >= 0.3 is 0 Å². The van der Waals surface area contributed by atoms with E-state index < -0.39 is 0 Å². The highest BCUT2D eigenvalue weighted by Gasteiger charge is 2.25. The molecule has 0 spiro atoms. The summed E-state index contributed by atoms with van der Waals surface area (Å²) in [4.78, 5) is 18.5. The average Bonchev–Trinajstić information content (AvgIpc) is 2.74. The summed E-state index contributed by atoms with van der Waals surface area (Å²) < 4.78 is 6.15. The molecule has 3 aromatic rings. The number of hydrogen-bond donors (Lipinski definition) is 0. The van der Waals surface area contributed by atoms with Gasteiger partial charge in [-0.05, 0) is 35.4 Å². The van der Waals surface area contributed by atoms with Crippen molar-refractivity contribution in [3.63, 3.8) is 0 Å². The molecule has 2 aromatic carbocycles. The number of aromatic nitrogens is 1. The number of benzene rings is 2. The Kier molecular flexibility index (Phi) is 5.72. The van der Waals surface area contributed by atoms with Crippen LogP contribution in [-0.2, 0) is 4.79 Å². The first-order chi connectivity index (χ1) is 14.0. The van der Waals surface area contributed by atoms with E-state index in [4.69, 9.17) is 16.3 Å². The summed E-state index contributed by atoms with van der Waals surface area (Å²) in [5, 5.41) is 1.72. The van der Waals surface area contributed by atoms with Gasteiger partial charge in [-0.2, -0.15) is 0 Å². The molecule has 1 aliphatic heterocycles. The number of hydrogen-bond acceptors (Lipinski definition) is 3. The molecule has 0 aliphatic carbocycles. The van der Waals surface area contributed by atoms with Crippen molar-refractivity contribution in [1.29, 1.82) is 0 Å². The summed E-state index contributed by atoms with van der Waals surface area (Å²) >= 11 is 6.53. The van der Waals surface area contributed by atoms with Crippen molar-refractivity contribution in [2.75, 3.05) is 13.1 Å². The van der Waals surface area contributed by atoms with Gasteiger partial charge in [0, 0.05) is 43.4 Å². The van der Waals surface area contributed by atoms with Crippen LogP contribution in [0.1, 0.15) is 26.7 Å². The van der Waals surface area contributed by atoms with E-state index in [2.05, 4.69) is 29.2 Å². The fraction of sp³-hybridized carbons (Fsp3) is 0.333. The number of rotatable bonds is 4. The third-order valence-corrected chi connectivity index (χ3v) is 5.71. The van der Waals surface area contributed by atoms with Gasteiger partial charge in [0.25, 0.3) is 0 Å². The number of nitrogens with zero attached hydrogens (tertiary/aromatic N) is 2. The first kappa shape index (κ1) is 19.7. The molecule has 1 aliphatic rings. The normalized spacial score (nSPS) is 15.1. The number of piperidine rings is 1. The minimum absolute atomic E-state index is 0.0414. The second-order valence-electron chi connectivity index (χ2n) is 7.85. The molecule has 1 fully saturated rings. The topological polar surface area (TPSA) is 42.4 Å². The van der Waals surface area contributed by atoms with Gasteiger partial charge in [0.2, 0.25) is 5.91 Å². The second-order valence-corrected chi connectivity index (χ2v) is 8.26. The maximum atomic E-state index is 12.1. The van der Waals surface area contributed by atoms with Gasteiger partial charge < -0.3 is 9.64 Å². The zero-order chi connectivity index (χ0) is 20.4. The van der Waals surface area contributed by atoms with Crippen molar-refractivity contribution in [3.8, 4) is 16.9 Å². The van der Waals surface area contributed by atoms with Gasteiger partial charge in [-0.1, -0.05) is 49.7 Å². The molecule has 0 radical (unpaired) electrons. The van der Waals surface area contributed by atoms with Gasteiger partial charge in [-0.3, -0.25) is 9.78 Å². The van der Waals surface area contributed by atoms with Crippen LogP contribution in [0.2, 0.25) is 5.02 Å². The van der Waals surface area contributed by atoms with Crippen molar-refractivity contribution in [1.82, 2.24) is 9.88 Å². The zero-order valence-corrected chi connectivity index (χ0v) is 17.5. The van der Waals surface area contributed by atoms with Crippen molar-refractivity contribution in [2.45, 2.75) is 32.8 Å². The molecule has 4 nitrogen and oxygen atoms in total. The molecule has 150 valence electrons. The van der Waals surface area contributed by atoms with Crippen molar-refractivity contribution < 1.29 is 9.53 Å². The molecule has 1 amide bonds. The Balaban J connectivity index is 1.44. The quantitative estimate of drug-likeness (QED) is 0.565. The molecule has 0 saturated carbocycles. The molecule has 29 heavy (non-hydrogen) atoms. The highest BCUT2D eigenvalue weighted by molar-refractivity contribution is 6.32. The molecule has 5 heteroatoms. The third kappa shape index (κ3) is 4.38. The third-order valence-electron chi connectivity index (χ3n) is 5.41. The molecular weight excluding hydrogens is 384 g/mol. The Morgan fingerprint density at radius 2 is 1.83 bits per heavy atom. The van der Waals surface area contributed by atoms with Gasteiger partial charge in [-0.15, -0.1) is 0 Å². The summed E-state index contributed by atoms with van der Waals surface area (Å²) in [6.45, 7) is 5.36. The molecular formula is C24H25ClN2O2. The van der Waals surface area contributed by atoms with E-state index in [9.17, 15) is 4.79 Å². The Morgan fingerprint density at radius 3 is 2.55 bits per heavy atom. The average molecular weight is 409 g/mol. The van der Waals surface area contributed by atoms with Crippen LogP contribution >= 0.6 is 11.6 Å². The minimum Gasteiger partial charge on any atom is -0.489 e. The standard InChI is InChI=1S/C24H25ClN2O2/c1-16(2)24(28)27-12-9-20(10-13-27)29-23-8-7-18(14-21(23)25)19-6-5-17-4-3-11-26-22(17)15-19/h3-8,11,14-16,20H,9-10,12-13H2,1-2H3. The fourth-order valence-corrected chi connectivity index (χ4v) is 3.99. The van der Waals surface area contributed by atoms with Crippen molar-refractivity contribution in [2.24, 2.45) is 5.92 Å². The van der Waals surface area contributed by atoms with Crippen molar-refractivity contribution >= 4 is 28.4 Å². The van der Waals surface area contributed by atoms with Crippen molar-refractivity contribution in [3.05, 3.63) is 59.8 Å². The molecule has 4 rings (SSSR count). The second kappa shape index (κ2) is 8.42. The summed E-state index contributed by atoms with van der Waals surface area (Å²) in [5.74, 6) is 0.957. The van der Waals surface area contributed by atoms with E-state index in [0.717, 1.165) is 48.0 Å². The fourth-order valence-electron chi connectivity index (χ4n) is 3.76. The number of carbonyl (C=O) groups excluding carboxylic acids is 1. The van der Waals surface area contributed by atoms with Gasteiger partial charge in [0.15, 0.2) is 0 Å². The van der Waals surface area contributed by atoms with E-state index in [1.165, 1.54) is 0 Å². The summed E-state index contributed by atoms with van der Waals surface area (Å²) in [6, 6.07) is 16.1. The number of amides is 1.